The molecule has 0 atom stereocenters. The minimum Gasteiger partial charge on any atom is -0.377 e. The zero-order chi connectivity index (χ0) is 33.9. The Bertz CT molecular complexity index is 835. The van der Waals surface area contributed by atoms with E-state index in [4.69, 9.17) is 28.3 Å². The molecule has 0 unspecified atom stereocenters. The Balaban J connectivity index is 6.27. The number of guanidine groups is 2. The molecule has 0 aliphatic rings. The average molecular weight is 643 g/mol. The third kappa shape index (κ3) is 18.8. The van der Waals surface area contributed by atoms with E-state index in [1.54, 1.807) is 21.3 Å². The van der Waals surface area contributed by atoms with E-state index in [0.29, 0.717) is 6.04 Å². The highest BCUT2D eigenvalue weighted by molar-refractivity contribution is 6.60. The maximum atomic E-state index is 5.71. The Labute approximate surface area is 272 Å². The van der Waals surface area contributed by atoms with E-state index < -0.39 is 8.80 Å². The van der Waals surface area contributed by atoms with Crippen molar-refractivity contribution in [2.45, 2.75) is 145 Å². The summed E-state index contributed by atoms with van der Waals surface area (Å²) < 4.78 is 17.1. The van der Waals surface area contributed by atoms with Gasteiger partial charge in [0.1, 0.15) is 0 Å². The molecule has 0 aromatic heterocycles. The predicted molar refractivity (Wildman–Crippen MR) is 191 cm³/mol. The molecule has 0 saturated carbocycles. The molecular weight excluding hydrogens is 572 g/mol. The summed E-state index contributed by atoms with van der Waals surface area (Å²) >= 11 is 0. The van der Waals surface area contributed by atoms with Crippen molar-refractivity contribution in [3.63, 3.8) is 0 Å². The maximum Gasteiger partial charge on any atom is 0.500 e. The number of aliphatic imine (C=N–C) groups is 3. The molecule has 0 bridgehead atoms. The first-order chi connectivity index (χ1) is 20.6. The molecule has 0 aromatic rings. The number of rotatable bonds is 20. The zero-order valence-corrected chi connectivity index (χ0v) is 32.1. The molecule has 11 nitrogen and oxygen atoms in total. The second-order valence-corrected chi connectivity index (χ2v) is 16.2. The Morgan fingerprint density at radius 2 is 0.932 bits per heavy atom. The topological polar surface area (TPSA) is 107 Å². The van der Waals surface area contributed by atoms with E-state index in [1.165, 1.54) is 0 Å². The van der Waals surface area contributed by atoms with Gasteiger partial charge in [0.15, 0.2) is 11.9 Å². The highest BCUT2D eigenvalue weighted by Crippen LogP contribution is 2.16. The van der Waals surface area contributed by atoms with Gasteiger partial charge in [-0.25, -0.2) is 0 Å². The summed E-state index contributed by atoms with van der Waals surface area (Å²) in [5.74, 6) is 2.93. The Kier molecular flexibility index (Phi) is 21.6. The third-order valence-electron chi connectivity index (χ3n) is 6.39. The summed E-state index contributed by atoms with van der Waals surface area (Å²) in [6.45, 7) is 28.9. The summed E-state index contributed by atoms with van der Waals surface area (Å²) in [6, 6.07) is 2.18. The van der Waals surface area contributed by atoms with Crippen LogP contribution in [0.25, 0.3) is 0 Å². The minimum absolute atomic E-state index is 0.160. The van der Waals surface area contributed by atoms with Gasteiger partial charge >= 0.3 is 8.80 Å². The van der Waals surface area contributed by atoms with E-state index in [2.05, 4.69) is 109 Å². The lowest BCUT2D eigenvalue weighted by Gasteiger charge is -2.34. The van der Waals surface area contributed by atoms with Crippen LogP contribution in [0.5, 0.6) is 0 Å². The summed E-state index contributed by atoms with van der Waals surface area (Å²) in [5, 5.41) is 10.8. The van der Waals surface area contributed by atoms with Crippen LogP contribution in [0, 0.1) is 0 Å². The quantitative estimate of drug-likeness (QED) is 0.0972. The smallest absolute Gasteiger partial charge is 0.377 e. The Morgan fingerprint density at radius 1 is 0.545 bits per heavy atom. The molecule has 0 aromatic carbocycles. The predicted octanol–water partition coefficient (Wildman–Crippen LogP) is 4.97. The molecule has 0 fully saturated rings. The Morgan fingerprint density at radius 3 is 1.27 bits per heavy atom. The third-order valence-corrected chi connectivity index (χ3v) is 9.22. The van der Waals surface area contributed by atoms with Gasteiger partial charge in [-0.1, -0.05) is 0 Å². The van der Waals surface area contributed by atoms with Gasteiger partial charge in [0.05, 0.1) is 5.84 Å². The fourth-order valence-electron chi connectivity index (χ4n) is 4.61. The number of hydrogen-bond acceptors (Lipinski definition) is 6. The van der Waals surface area contributed by atoms with Crippen molar-refractivity contribution in [3.05, 3.63) is 0 Å². The van der Waals surface area contributed by atoms with E-state index in [0.717, 1.165) is 69.2 Å². The number of hydrogen-bond donors (Lipinski definition) is 3. The van der Waals surface area contributed by atoms with Gasteiger partial charge in [-0.2, -0.15) is 0 Å². The molecule has 0 amide bonds. The van der Waals surface area contributed by atoms with Crippen LogP contribution in [0.2, 0.25) is 6.04 Å². The number of nitrogens with one attached hydrogen (secondary N) is 3. The van der Waals surface area contributed by atoms with Crippen LogP contribution in [0.3, 0.4) is 0 Å². The largest absolute Gasteiger partial charge is 0.500 e. The summed E-state index contributed by atoms with van der Waals surface area (Å²) in [4.78, 5) is 19.7. The monoisotopic (exact) mass is 643 g/mol. The van der Waals surface area contributed by atoms with Crippen LogP contribution < -0.4 is 16.0 Å². The molecule has 260 valence electrons. The van der Waals surface area contributed by atoms with Crippen molar-refractivity contribution in [2.75, 3.05) is 47.5 Å². The first kappa shape index (κ1) is 42.1. The molecule has 12 heteroatoms. The molecular formula is C32H70N8O3Si. The normalized spacial score (nSPS) is 13.7. The van der Waals surface area contributed by atoms with E-state index in [1.807, 2.05) is 0 Å². The van der Waals surface area contributed by atoms with Gasteiger partial charge in [-0.05, 0) is 95.9 Å². The van der Waals surface area contributed by atoms with E-state index in [9.17, 15) is 0 Å². The standard InChI is InChI=1S/C32H70N8O3Si/c1-24(2)33-30(34-25(3)4)18-16-19-39(31(35-26(5)6)36-27(7)8)21-22-40(32(37-28(9)10)38-29(11)12)20-17-23-44(41-13,42-14)43-15/h24-29H,16-23H2,1-15H3,(H,33,34)(H,35,36)(H,37,38). The second-order valence-electron chi connectivity index (χ2n) is 13.1. The lowest BCUT2D eigenvalue weighted by molar-refractivity contribution is 0.122. The van der Waals surface area contributed by atoms with Crippen molar-refractivity contribution in [2.24, 2.45) is 15.0 Å². The fourth-order valence-corrected chi connectivity index (χ4v) is 6.32. The highest BCUT2D eigenvalue weighted by atomic mass is 28.4. The van der Waals surface area contributed by atoms with Crippen LogP contribution >= 0.6 is 0 Å². The second kappa shape index (κ2) is 22.6. The molecule has 3 N–H and O–H groups in total. The summed E-state index contributed by atoms with van der Waals surface area (Å²) in [6.07, 6.45) is 2.70. The molecule has 0 heterocycles. The van der Waals surface area contributed by atoms with Crippen LogP contribution in [0.15, 0.2) is 15.0 Å². The molecule has 0 rings (SSSR count). The van der Waals surface area contributed by atoms with Crippen molar-refractivity contribution in [3.8, 4) is 0 Å². The van der Waals surface area contributed by atoms with Crippen molar-refractivity contribution >= 4 is 26.6 Å². The lowest BCUT2D eigenvalue weighted by atomic mass is 10.2. The van der Waals surface area contributed by atoms with Crippen LogP contribution in [0.4, 0.5) is 0 Å². The first-order valence-corrected chi connectivity index (χ1v) is 18.7. The van der Waals surface area contributed by atoms with Gasteiger partial charge in [0.2, 0.25) is 0 Å². The molecule has 0 aliphatic heterocycles. The van der Waals surface area contributed by atoms with Crippen molar-refractivity contribution in [1.29, 1.82) is 0 Å². The summed E-state index contributed by atoms with van der Waals surface area (Å²) in [5.41, 5.74) is 0. The minimum atomic E-state index is -2.68. The molecule has 0 radical (unpaired) electrons. The van der Waals surface area contributed by atoms with Gasteiger partial charge in [-0.3, -0.25) is 15.0 Å². The fraction of sp³-hybridized carbons (Fsp3) is 0.906. The van der Waals surface area contributed by atoms with Crippen LogP contribution in [-0.4, -0.2) is 120 Å². The van der Waals surface area contributed by atoms with Gasteiger partial charge in [0.25, 0.3) is 0 Å². The average Bonchev–Trinajstić information content (AvgIpc) is 2.89. The van der Waals surface area contributed by atoms with Gasteiger partial charge in [0, 0.05) is 96.2 Å². The first-order valence-electron chi connectivity index (χ1n) is 16.7. The highest BCUT2D eigenvalue weighted by Gasteiger charge is 2.37. The molecule has 0 spiro atoms. The Hall–Kier alpha value is -1.89. The van der Waals surface area contributed by atoms with Crippen molar-refractivity contribution < 1.29 is 13.3 Å². The molecule has 0 aliphatic carbocycles. The number of nitrogens with zero attached hydrogens (tertiary/aromatic N) is 5. The van der Waals surface area contributed by atoms with Crippen LogP contribution in [0.1, 0.15) is 102 Å². The zero-order valence-electron chi connectivity index (χ0n) is 31.1. The maximum absolute atomic E-state index is 5.71. The summed E-state index contributed by atoms with van der Waals surface area (Å²) in [7, 11) is 2.34. The van der Waals surface area contributed by atoms with Crippen molar-refractivity contribution in [1.82, 2.24) is 25.8 Å². The van der Waals surface area contributed by atoms with Gasteiger partial charge in [-0.15, -0.1) is 0 Å². The van der Waals surface area contributed by atoms with Crippen LogP contribution in [-0.2, 0) is 13.3 Å². The SMILES string of the molecule is CO[Si](CCCN(CCN(CCCC(=NC(C)C)NC(C)C)C(=NC(C)C)NC(C)C)C(=NC(C)C)NC(C)C)(OC)OC. The number of amidine groups is 1. The molecule has 44 heavy (non-hydrogen) atoms. The molecule has 0 saturated heterocycles. The van der Waals surface area contributed by atoms with E-state index >= 15 is 0 Å². The lowest BCUT2D eigenvalue weighted by Crippen LogP contribution is -2.51. The van der Waals surface area contributed by atoms with E-state index in [-0.39, 0.29) is 30.2 Å². The van der Waals surface area contributed by atoms with Gasteiger partial charge < -0.3 is 39.0 Å².